The predicted molar refractivity (Wildman–Crippen MR) is 130 cm³/mol. The molecule has 10 nitrogen and oxygen atoms in total. The number of carbonyl (C=O) groups excluding carboxylic acids is 1. The lowest BCUT2D eigenvalue weighted by Gasteiger charge is -2.36. The molecule has 0 aliphatic carbocycles. The number of aromatic hydroxyl groups is 1. The minimum absolute atomic E-state index is 0.187. The van der Waals surface area contributed by atoms with Gasteiger partial charge in [0, 0.05) is 12.5 Å². The van der Waals surface area contributed by atoms with Crippen LogP contribution in [0.5, 0.6) is 5.75 Å². The fourth-order valence-electron chi connectivity index (χ4n) is 4.65. The number of aromatic amines is 1. The largest absolute Gasteiger partial charge is 0.502 e. The summed E-state index contributed by atoms with van der Waals surface area (Å²) in [4.78, 5) is 26.6. The highest BCUT2D eigenvalue weighted by Crippen LogP contribution is 2.38. The molecule has 4 rings (SSSR count). The number of hydrogen-bond donors (Lipinski definition) is 2. The quantitative estimate of drug-likeness (QED) is 0.445. The molecule has 1 aliphatic heterocycles. The van der Waals surface area contributed by atoms with E-state index in [1.54, 1.807) is 30.3 Å². The van der Waals surface area contributed by atoms with Crippen molar-refractivity contribution in [3.8, 4) is 11.8 Å². The van der Waals surface area contributed by atoms with Gasteiger partial charge in [0.2, 0.25) is 5.43 Å². The summed E-state index contributed by atoms with van der Waals surface area (Å²) in [7, 11) is -4.08. The Labute approximate surface area is 212 Å². The summed E-state index contributed by atoms with van der Waals surface area (Å²) < 4.78 is 44.8. The highest BCUT2D eigenvalue weighted by molar-refractivity contribution is 7.86. The number of nitrogens with zero attached hydrogens (tertiary/aromatic N) is 3. The van der Waals surface area contributed by atoms with Gasteiger partial charge in [-0.2, -0.15) is 18.8 Å². The molecule has 0 spiro atoms. The van der Waals surface area contributed by atoms with Crippen molar-refractivity contribution in [2.45, 2.75) is 30.9 Å². The van der Waals surface area contributed by atoms with Crippen molar-refractivity contribution in [3.05, 3.63) is 93.2 Å². The molecule has 2 N–H and O–H groups in total. The van der Waals surface area contributed by atoms with E-state index in [1.165, 1.54) is 23.1 Å². The van der Waals surface area contributed by atoms with Crippen molar-refractivity contribution < 1.29 is 26.9 Å². The number of likely N-dealkylation sites (tertiary alicyclic amines) is 1. The van der Waals surface area contributed by atoms with Gasteiger partial charge in [-0.1, -0.05) is 24.3 Å². The number of nitriles is 1. The van der Waals surface area contributed by atoms with E-state index in [0.29, 0.717) is 29.5 Å². The van der Waals surface area contributed by atoms with Crippen molar-refractivity contribution in [2.24, 2.45) is 0 Å². The van der Waals surface area contributed by atoms with E-state index in [1.807, 2.05) is 6.07 Å². The molecule has 1 aliphatic rings. The van der Waals surface area contributed by atoms with E-state index in [4.69, 9.17) is 4.18 Å². The molecule has 0 bridgehead atoms. The third kappa shape index (κ3) is 5.68. The Hall–Kier alpha value is -4.08. The van der Waals surface area contributed by atoms with Gasteiger partial charge in [-0.15, -0.1) is 0 Å². The topological polar surface area (TPSA) is 153 Å². The fourth-order valence-corrected chi connectivity index (χ4v) is 5.30. The van der Waals surface area contributed by atoms with Gasteiger partial charge in [0.25, 0.3) is 16.0 Å². The van der Waals surface area contributed by atoms with Gasteiger partial charge in [0.1, 0.15) is 11.9 Å². The Bertz CT molecular complexity index is 1520. The molecular weight excluding hydrogens is 503 g/mol. The van der Waals surface area contributed by atoms with Crippen LogP contribution in [0.3, 0.4) is 0 Å². The molecule has 3 unspecified atom stereocenters. The zero-order valence-electron chi connectivity index (χ0n) is 19.7. The Kier molecular flexibility index (Phi) is 7.37. The second kappa shape index (κ2) is 10.5. The molecule has 2 aromatic carbocycles. The molecule has 1 aromatic heterocycles. The Morgan fingerprint density at radius 1 is 1.27 bits per heavy atom. The van der Waals surface area contributed by atoms with Crippen LogP contribution in [0.1, 0.15) is 45.9 Å². The van der Waals surface area contributed by atoms with Crippen LogP contribution in [0, 0.1) is 17.1 Å². The SMILES string of the molecule is CS(=O)(=O)OC(C(c1ccc(C#N)cc1)c1cccc(F)c1)C1CCCN1C(=O)c1[nH]ncc(=O)c1O. The number of nitrogens with one attached hydrogen (secondary N) is 1. The first-order valence-electron chi connectivity index (χ1n) is 11.3. The molecule has 1 fully saturated rings. The summed E-state index contributed by atoms with van der Waals surface area (Å²) in [5.41, 5.74) is 0.0247. The molecule has 1 saturated heterocycles. The summed E-state index contributed by atoms with van der Waals surface area (Å²) in [5.74, 6) is -2.98. The van der Waals surface area contributed by atoms with Gasteiger partial charge in [-0.05, 0) is 48.2 Å². The van der Waals surface area contributed by atoms with Crippen molar-refractivity contribution in [1.29, 1.82) is 5.26 Å². The summed E-state index contributed by atoms with van der Waals surface area (Å²) in [6.45, 7) is 0.187. The van der Waals surface area contributed by atoms with Gasteiger partial charge < -0.3 is 10.0 Å². The second-order valence-corrected chi connectivity index (χ2v) is 10.3. The zero-order valence-corrected chi connectivity index (χ0v) is 20.5. The molecule has 3 aromatic rings. The predicted octanol–water partition coefficient (Wildman–Crippen LogP) is 2.27. The monoisotopic (exact) mass is 526 g/mol. The lowest BCUT2D eigenvalue weighted by Crippen LogP contribution is -2.47. The van der Waals surface area contributed by atoms with Crippen LogP contribution >= 0.6 is 0 Å². The Morgan fingerprint density at radius 3 is 2.65 bits per heavy atom. The first-order chi connectivity index (χ1) is 17.6. The standard InChI is InChI=1S/C25H23FN4O6S/c1-37(34,35)36-24(19-6-3-11-30(19)25(33)22-23(32)20(31)14-28-29-22)21(17-4-2-5-18(26)12-17)16-9-7-15(13-27)8-10-16/h2,4-5,7-10,12,14,19,21,24H,3,6,11H2,1H3,(H,28,32)(H,29,31). The number of carbonyl (C=O) groups is 1. The number of hydrogen-bond acceptors (Lipinski definition) is 8. The molecule has 37 heavy (non-hydrogen) atoms. The second-order valence-electron chi connectivity index (χ2n) is 8.70. The van der Waals surface area contributed by atoms with Gasteiger partial charge in [-0.25, -0.2) is 4.39 Å². The Balaban J connectivity index is 1.85. The van der Waals surface area contributed by atoms with Crippen molar-refractivity contribution in [2.75, 3.05) is 12.8 Å². The first-order valence-corrected chi connectivity index (χ1v) is 13.1. The molecular formula is C25H23FN4O6S. The number of halogens is 1. The van der Waals surface area contributed by atoms with Gasteiger partial charge in [0.15, 0.2) is 11.4 Å². The van der Waals surface area contributed by atoms with Crippen LogP contribution in [-0.2, 0) is 14.3 Å². The summed E-state index contributed by atoms with van der Waals surface area (Å²) in [5, 5.41) is 25.3. The number of aromatic nitrogens is 2. The van der Waals surface area contributed by atoms with Crippen molar-refractivity contribution >= 4 is 16.0 Å². The molecule has 192 valence electrons. The molecule has 0 radical (unpaired) electrons. The van der Waals surface area contributed by atoms with E-state index in [-0.39, 0.29) is 6.54 Å². The average molecular weight is 527 g/mol. The Morgan fingerprint density at radius 2 is 2.00 bits per heavy atom. The van der Waals surface area contributed by atoms with E-state index in [2.05, 4.69) is 10.2 Å². The van der Waals surface area contributed by atoms with Crippen LogP contribution in [-0.4, -0.2) is 59.5 Å². The molecule has 1 amide bonds. The summed E-state index contributed by atoms with van der Waals surface area (Å²) >= 11 is 0. The summed E-state index contributed by atoms with van der Waals surface area (Å²) in [6, 6.07) is 13.1. The maximum atomic E-state index is 14.3. The van der Waals surface area contributed by atoms with E-state index < -0.39 is 56.8 Å². The first kappa shape index (κ1) is 26.0. The van der Waals surface area contributed by atoms with Gasteiger partial charge in [-0.3, -0.25) is 18.9 Å². The number of rotatable bonds is 7. The third-order valence-corrected chi connectivity index (χ3v) is 6.77. The van der Waals surface area contributed by atoms with Crippen LogP contribution in [0.15, 0.2) is 59.5 Å². The summed E-state index contributed by atoms with van der Waals surface area (Å²) in [6.07, 6.45) is 1.32. The smallest absolute Gasteiger partial charge is 0.276 e. The molecule has 3 atom stereocenters. The van der Waals surface area contributed by atoms with Crippen LogP contribution in [0.4, 0.5) is 4.39 Å². The maximum absolute atomic E-state index is 14.3. The normalized spacial score (nSPS) is 17.2. The number of amides is 1. The number of benzene rings is 2. The highest BCUT2D eigenvalue weighted by atomic mass is 32.2. The molecule has 2 heterocycles. The zero-order chi connectivity index (χ0) is 26.7. The van der Waals surface area contributed by atoms with E-state index in [9.17, 15) is 32.8 Å². The number of H-pyrrole nitrogens is 1. The van der Waals surface area contributed by atoms with E-state index in [0.717, 1.165) is 12.5 Å². The minimum Gasteiger partial charge on any atom is -0.502 e. The van der Waals surface area contributed by atoms with E-state index >= 15 is 0 Å². The lowest BCUT2D eigenvalue weighted by atomic mass is 9.82. The average Bonchev–Trinajstić information content (AvgIpc) is 3.34. The van der Waals surface area contributed by atoms with Gasteiger partial charge >= 0.3 is 0 Å². The molecule has 0 saturated carbocycles. The lowest BCUT2D eigenvalue weighted by molar-refractivity contribution is 0.0526. The van der Waals surface area contributed by atoms with Crippen molar-refractivity contribution in [3.63, 3.8) is 0 Å². The fraction of sp³-hybridized carbons (Fsp3) is 0.280. The van der Waals surface area contributed by atoms with Crippen LogP contribution in [0.25, 0.3) is 0 Å². The minimum atomic E-state index is -4.08. The van der Waals surface area contributed by atoms with Crippen molar-refractivity contribution in [1.82, 2.24) is 15.1 Å². The molecule has 12 heteroatoms. The van der Waals surface area contributed by atoms with Crippen LogP contribution < -0.4 is 5.43 Å². The van der Waals surface area contributed by atoms with Gasteiger partial charge in [0.05, 0.1) is 30.1 Å². The van der Waals surface area contributed by atoms with Crippen LogP contribution in [0.2, 0.25) is 0 Å². The third-order valence-electron chi connectivity index (χ3n) is 6.20. The maximum Gasteiger partial charge on any atom is 0.276 e. The highest BCUT2D eigenvalue weighted by Gasteiger charge is 2.43.